The number of halogens is 1. The highest BCUT2D eigenvalue weighted by molar-refractivity contribution is 5.89. The van der Waals surface area contributed by atoms with Crippen LogP contribution in [-0.4, -0.2) is 29.7 Å². The van der Waals surface area contributed by atoms with E-state index in [9.17, 15) is 14.3 Å². The molecule has 0 aliphatic heterocycles. The minimum atomic E-state index is -0.353. The fraction of sp³-hybridized carbons (Fsp3) is 0.235. The van der Waals surface area contributed by atoms with Crippen LogP contribution in [0.3, 0.4) is 0 Å². The third-order valence-electron chi connectivity index (χ3n) is 3.47. The third-order valence-corrected chi connectivity index (χ3v) is 3.47. The van der Waals surface area contributed by atoms with Gasteiger partial charge in [-0.15, -0.1) is 0 Å². The number of urea groups is 1. The Kier molecular flexibility index (Phi) is 5.49. The molecule has 2 rings (SSSR count). The van der Waals surface area contributed by atoms with Gasteiger partial charge in [-0.25, -0.2) is 9.18 Å². The Morgan fingerprint density at radius 3 is 2.41 bits per heavy atom. The van der Waals surface area contributed by atoms with E-state index in [1.54, 1.807) is 7.05 Å². The number of anilines is 1. The van der Waals surface area contributed by atoms with Gasteiger partial charge in [-0.1, -0.05) is 30.3 Å². The predicted molar refractivity (Wildman–Crippen MR) is 84.1 cm³/mol. The minimum Gasteiger partial charge on any atom is -0.396 e. The first-order valence-corrected chi connectivity index (χ1v) is 7.07. The van der Waals surface area contributed by atoms with E-state index in [2.05, 4.69) is 5.32 Å². The molecule has 2 aromatic rings. The molecule has 0 aliphatic carbocycles. The van der Waals surface area contributed by atoms with Crippen molar-refractivity contribution in [3.63, 3.8) is 0 Å². The van der Waals surface area contributed by atoms with E-state index < -0.39 is 0 Å². The Balaban J connectivity index is 2.10. The molecule has 2 amide bonds. The van der Waals surface area contributed by atoms with Crippen LogP contribution in [0.2, 0.25) is 0 Å². The first kappa shape index (κ1) is 16.0. The zero-order valence-electron chi connectivity index (χ0n) is 12.4. The Morgan fingerprint density at radius 2 is 1.82 bits per heavy atom. The van der Waals surface area contributed by atoms with E-state index in [1.165, 1.54) is 29.2 Å². The number of aliphatic hydroxyl groups excluding tert-OH is 1. The summed E-state index contributed by atoms with van der Waals surface area (Å²) >= 11 is 0. The molecule has 0 spiro atoms. The van der Waals surface area contributed by atoms with Gasteiger partial charge in [0.2, 0.25) is 0 Å². The maximum Gasteiger partial charge on any atom is 0.322 e. The summed E-state index contributed by atoms with van der Waals surface area (Å²) in [4.78, 5) is 13.9. The zero-order chi connectivity index (χ0) is 15.9. The summed E-state index contributed by atoms with van der Waals surface area (Å²) in [6.45, 7) is -0.0201. The van der Waals surface area contributed by atoms with Crippen LogP contribution in [0, 0.1) is 5.82 Å². The van der Waals surface area contributed by atoms with Gasteiger partial charge < -0.3 is 15.3 Å². The van der Waals surface area contributed by atoms with Crippen molar-refractivity contribution >= 4 is 11.7 Å². The maximum absolute atomic E-state index is 12.9. The second-order valence-electron chi connectivity index (χ2n) is 4.99. The Morgan fingerprint density at radius 1 is 1.18 bits per heavy atom. The zero-order valence-corrected chi connectivity index (χ0v) is 12.4. The molecule has 1 unspecified atom stereocenters. The van der Waals surface area contributed by atoms with Gasteiger partial charge in [0.05, 0.1) is 6.04 Å². The molecule has 0 fully saturated rings. The highest BCUT2D eigenvalue weighted by Gasteiger charge is 2.21. The summed E-state index contributed by atoms with van der Waals surface area (Å²) < 4.78 is 12.9. The Labute approximate surface area is 129 Å². The molecule has 0 heterocycles. The Hall–Kier alpha value is -2.40. The number of carbonyl (C=O) groups is 1. The molecule has 0 bridgehead atoms. The molecular weight excluding hydrogens is 283 g/mol. The Bertz CT molecular complexity index is 602. The average Bonchev–Trinajstić information content (AvgIpc) is 2.55. The lowest BCUT2D eigenvalue weighted by Crippen LogP contribution is -2.35. The summed E-state index contributed by atoms with van der Waals surface area (Å²) in [5.74, 6) is -0.353. The lowest BCUT2D eigenvalue weighted by molar-refractivity contribution is 0.184. The number of hydrogen-bond acceptors (Lipinski definition) is 2. The molecule has 22 heavy (non-hydrogen) atoms. The topological polar surface area (TPSA) is 52.6 Å². The number of nitrogens with one attached hydrogen (secondary N) is 1. The van der Waals surface area contributed by atoms with Crippen LogP contribution >= 0.6 is 0 Å². The molecule has 2 N–H and O–H groups in total. The van der Waals surface area contributed by atoms with Crippen molar-refractivity contribution in [1.29, 1.82) is 0 Å². The van der Waals surface area contributed by atoms with Gasteiger partial charge in [0.25, 0.3) is 0 Å². The van der Waals surface area contributed by atoms with E-state index in [4.69, 9.17) is 0 Å². The first-order chi connectivity index (χ1) is 10.6. The lowest BCUT2D eigenvalue weighted by atomic mass is 10.0. The summed E-state index contributed by atoms with van der Waals surface area (Å²) in [7, 11) is 1.67. The van der Waals surface area contributed by atoms with Crippen molar-refractivity contribution in [3.05, 3.63) is 66.0 Å². The summed E-state index contributed by atoms with van der Waals surface area (Å²) in [5.41, 5.74) is 1.47. The smallest absolute Gasteiger partial charge is 0.322 e. The van der Waals surface area contributed by atoms with Crippen LogP contribution < -0.4 is 5.32 Å². The van der Waals surface area contributed by atoms with Crippen LogP contribution in [-0.2, 0) is 0 Å². The summed E-state index contributed by atoms with van der Waals surface area (Å²) in [6.07, 6.45) is 0.442. The minimum absolute atomic E-state index is 0.0201. The van der Waals surface area contributed by atoms with Gasteiger partial charge in [0.15, 0.2) is 0 Å². The maximum atomic E-state index is 12.9. The molecule has 0 aromatic heterocycles. The van der Waals surface area contributed by atoms with E-state index in [0.29, 0.717) is 12.1 Å². The molecule has 2 aromatic carbocycles. The van der Waals surface area contributed by atoms with Crippen LogP contribution in [0.15, 0.2) is 54.6 Å². The monoisotopic (exact) mass is 302 g/mol. The van der Waals surface area contributed by atoms with Gasteiger partial charge in [-0.2, -0.15) is 0 Å². The quantitative estimate of drug-likeness (QED) is 0.889. The van der Waals surface area contributed by atoms with Crippen LogP contribution in [0.4, 0.5) is 14.9 Å². The molecule has 0 radical (unpaired) electrons. The highest BCUT2D eigenvalue weighted by atomic mass is 19.1. The van der Waals surface area contributed by atoms with Crippen molar-refractivity contribution in [3.8, 4) is 0 Å². The fourth-order valence-electron chi connectivity index (χ4n) is 2.27. The molecule has 116 valence electrons. The SMILES string of the molecule is CN(C(=O)Nc1ccc(F)cc1)C(CCO)c1ccccc1. The molecular formula is C17H19FN2O2. The van der Waals surface area contributed by atoms with E-state index in [-0.39, 0.29) is 24.5 Å². The van der Waals surface area contributed by atoms with Crippen molar-refractivity contribution in [2.24, 2.45) is 0 Å². The van der Waals surface area contributed by atoms with Gasteiger partial charge in [-0.05, 0) is 36.2 Å². The van der Waals surface area contributed by atoms with Gasteiger partial charge >= 0.3 is 6.03 Å². The predicted octanol–water partition coefficient (Wildman–Crippen LogP) is 3.41. The molecule has 1 atom stereocenters. The lowest BCUT2D eigenvalue weighted by Gasteiger charge is -2.28. The number of amides is 2. The van der Waals surface area contributed by atoms with Crippen LogP contribution in [0.5, 0.6) is 0 Å². The molecule has 0 saturated heterocycles. The van der Waals surface area contributed by atoms with E-state index in [0.717, 1.165) is 5.56 Å². The highest BCUT2D eigenvalue weighted by Crippen LogP contribution is 2.23. The number of nitrogens with zero attached hydrogens (tertiary/aromatic N) is 1. The van der Waals surface area contributed by atoms with Gasteiger partial charge in [0, 0.05) is 19.3 Å². The van der Waals surface area contributed by atoms with Crippen molar-refractivity contribution in [1.82, 2.24) is 4.90 Å². The van der Waals surface area contributed by atoms with Crippen LogP contribution in [0.1, 0.15) is 18.0 Å². The molecule has 0 aliphatic rings. The summed E-state index contributed by atoms with van der Waals surface area (Å²) in [6, 6.07) is 14.6. The van der Waals surface area contributed by atoms with Crippen LogP contribution in [0.25, 0.3) is 0 Å². The normalized spacial score (nSPS) is 11.8. The molecule has 0 saturated carbocycles. The average molecular weight is 302 g/mol. The molecule has 4 nitrogen and oxygen atoms in total. The number of hydrogen-bond donors (Lipinski definition) is 2. The van der Waals surface area contributed by atoms with Gasteiger partial charge in [-0.3, -0.25) is 0 Å². The second-order valence-corrected chi connectivity index (χ2v) is 4.99. The standard InChI is InChI=1S/C17H19FN2O2/c1-20(16(11-12-21)13-5-3-2-4-6-13)17(22)19-15-9-7-14(18)8-10-15/h2-10,16,21H,11-12H2,1H3,(H,19,22). The van der Waals surface area contributed by atoms with Crippen molar-refractivity contribution in [2.75, 3.05) is 19.0 Å². The molecule has 5 heteroatoms. The van der Waals surface area contributed by atoms with Gasteiger partial charge in [0.1, 0.15) is 5.82 Å². The first-order valence-electron chi connectivity index (χ1n) is 7.07. The summed E-state index contributed by atoms with van der Waals surface area (Å²) in [5, 5.41) is 12.0. The number of benzene rings is 2. The third kappa shape index (κ3) is 4.05. The number of aliphatic hydroxyl groups is 1. The number of rotatable bonds is 5. The van der Waals surface area contributed by atoms with E-state index >= 15 is 0 Å². The van der Waals surface area contributed by atoms with Crippen molar-refractivity contribution in [2.45, 2.75) is 12.5 Å². The van der Waals surface area contributed by atoms with E-state index in [1.807, 2.05) is 30.3 Å². The largest absolute Gasteiger partial charge is 0.396 e. The van der Waals surface area contributed by atoms with Crippen molar-refractivity contribution < 1.29 is 14.3 Å². The number of carbonyl (C=O) groups excluding carboxylic acids is 1. The fourth-order valence-corrected chi connectivity index (χ4v) is 2.27. The second kappa shape index (κ2) is 7.56.